The number of anilines is 2. The maximum absolute atomic E-state index is 12.6. The predicted molar refractivity (Wildman–Crippen MR) is 145 cm³/mol. The summed E-state index contributed by atoms with van der Waals surface area (Å²) in [5.74, 6) is 1.45. The molecule has 4 aromatic carbocycles. The molecule has 0 aliphatic carbocycles. The first-order valence-corrected chi connectivity index (χ1v) is 12.1. The van der Waals surface area contributed by atoms with Crippen LogP contribution in [0.15, 0.2) is 109 Å². The summed E-state index contributed by atoms with van der Waals surface area (Å²) in [5.41, 5.74) is 11.1. The first-order valence-electron chi connectivity index (χ1n) is 12.1. The molecule has 7 heteroatoms. The van der Waals surface area contributed by atoms with Crippen LogP contribution in [0.2, 0.25) is 0 Å². The van der Waals surface area contributed by atoms with Crippen molar-refractivity contribution in [2.24, 2.45) is 0 Å². The average Bonchev–Trinajstić information content (AvgIpc) is 3.38. The number of carbonyl (C=O) groups excluding carboxylic acids is 1. The molecule has 0 saturated heterocycles. The Morgan fingerprint density at radius 2 is 1.54 bits per heavy atom. The zero-order valence-corrected chi connectivity index (χ0v) is 20.2. The van der Waals surface area contributed by atoms with Gasteiger partial charge in [-0.05, 0) is 53.1 Å². The second kappa shape index (κ2) is 11.2. The number of nitrogens with one attached hydrogen (secondary N) is 1. The molecule has 0 aliphatic rings. The molecular weight excluding hydrogens is 462 g/mol. The standard InChI is InChI=1S/C30H27N5O2/c31-28-17-13-24(23-7-3-1-4-8-23)19-29(28)32-30(36)18-14-25-21-35(34-33-25)20-22-11-15-27(16-12-22)37-26-9-5-2-6-10-26/h1-13,15-17,19,21H,14,18,20,31H2,(H,32,36). The summed E-state index contributed by atoms with van der Waals surface area (Å²) in [4.78, 5) is 12.6. The van der Waals surface area contributed by atoms with Crippen LogP contribution in [0.25, 0.3) is 11.1 Å². The molecule has 37 heavy (non-hydrogen) atoms. The van der Waals surface area contributed by atoms with Crippen molar-refractivity contribution in [1.82, 2.24) is 15.0 Å². The quantitative estimate of drug-likeness (QED) is 0.250. The number of nitrogens with two attached hydrogens (primary N) is 1. The molecule has 5 aromatic rings. The third-order valence-corrected chi connectivity index (χ3v) is 5.88. The van der Waals surface area contributed by atoms with E-state index in [1.807, 2.05) is 109 Å². The molecule has 0 saturated carbocycles. The zero-order valence-electron chi connectivity index (χ0n) is 20.2. The number of hydrogen-bond acceptors (Lipinski definition) is 5. The smallest absolute Gasteiger partial charge is 0.224 e. The van der Waals surface area contributed by atoms with Gasteiger partial charge in [0.1, 0.15) is 11.5 Å². The average molecular weight is 490 g/mol. The number of hydrogen-bond donors (Lipinski definition) is 2. The first-order chi connectivity index (χ1) is 18.1. The van der Waals surface area contributed by atoms with E-state index < -0.39 is 0 Å². The number of benzene rings is 4. The Labute approximate surface area is 215 Å². The lowest BCUT2D eigenvalue weighted by atomic mass is 10.0. The van der Waals surface area contributed by atoms with E-state index in [1.165, 1.54) is 0 Å². The normalized spacial score (nSPS) is 10.7. The van der Waals surface area contributed by atoms with Gasteiger partial charge in [0.25, 0.3) is 0 Å². The van der Waals surface area contributed by atoms with Gasteiger partial charge in [0.05, 0.1) is 23.6 Å². The summed E-state index contributed by atoms with van der Waals surface area (Å²) in [5, 5.41) is 11.4. The number of nitrogens with zero attached hydrogens (tertiary/aromatic N) is 3. The number of rotatable bonds is 9. The van der Waals surface area contributed by atoms with Crippen molar-refractivity contribution >= 4 is 17.3 Å². The van der Waals surface area contributed by atoms with Gasteiger partial charge in [-0.1, -0.05) is 71.9 Å². The van der Waals surface area contributed by atoms with Crippen molar-refractivity contribution in [2.45, 2.75) is 19.4 Å². The summed E-state index contributed by atoms with van der Waals surface area (Å²) in [7, 11) is 0. The van der Waals surface area contributed by atoms with Crippen LogP contribution in [0.4, 0.5) is 11.4 Å². The predicted octanol–water partition coefficient (Wildman–Crippen LogP) is 5.94. The van der Waals surface area contributed by atoms with Crippen molar-refractivity contribution in [3.63, 3.8) is 0 Å². The first kappa shape index (κ1) is 23.8. The van der Waals surface area contributed by atoms with Crippen molar-refractivity contribution in [1.29, 1.82) is 0 Å². The van der Waals surface area contributed by atoms with Crippen molar-refractivity contribution < 1.29 is 9.53 Å². The third kappa shape index (κ3) is 6.41. The zero-order chi connectivity index (χ0) is 25.5. The molecule has 0 atom stereocenters. The van der Waals surface area contributed by atoms with Gasteiger partial charge in [0.2, 0.25) is 5.91 Å². The van der Waals surface area contributed by atoms with Crippen molar-refractivity contribution in [2.75, 3.05) is 11.1 Å². The van der Waals surface area contributed by atoms with Crippen LogP contribution in [-0.2, 0) is 17.8 Å². The molecule has 184 valence electrons. The molecule has 5 rings (SSSR count). The van der Waals surface area contributed by atoms with E-state index in [0.717, 1.165) is 33.9 Å². The topological polar surface area (TPSA) is 95.1 Å². The lowest BCUT2D eigenvalue weighted by Gasteiger charge is -2.10. The molecule has 1 heterocycles. The van der Waals surface area contributed by atoms with Gasteiger partial charge in [-0.2, -0.15) is 0 Å². The highest BCUT2D eigenvalue weighted by Crippen LogP contribution is 2.27. The SMILES string of the molecule is Nc1ccc(-c2ccccc2)cc1NC(=O)CCc1cn(Cc2ccc(Oc3ccccc3)cc2)nn1. The molecule has 0 fully saturated rings. The van der Waals surface area contributed by atoms with Gasteiger partial charge >= 0.3 is 0 Å². The molecular formula is C30H27N5O2. The minimum atomic E-state index is -0.125. The molecule has 1 aromatic heterocycles. The van der Waals surface area contributed by atoms with E-state index in [4.69, 9.17) is 10.5 Å². The van der Waals surface area contributed by atoms with Crippen LogP contribution in [0, 0.1) is 0 Å². The molecule has 0 spiro atoms. The summed E-state index contributed by atoms with van der Waals surface area (Å²) < 4.78 is 7.61. The molecule has 7 nitrogen and oxygen atoms in total. The molecule has 0 aliphatic heterocycles. The Morgan fingerprint density at radius 3 is 2.30 bits per heavy atom. The maximum Gasteiger partial charge on any atom is 0.224 e. The molecule has 3 N–H and O–H groups in total. The van der Waals surface area contributed by atoms with E-state index in [9.17, 15) is 4.79 Å². The van der Waals surface area contributed by atoms with Gasteiger partial charge < -0.3 is 15.8 Å². The number of ether oxygens (including phenoxy) is 1. The number of amides is 1. The van der Waals surface area contributed by atoms with Crippen LogP contribution in [0.1, 0.15) is 17.7 Å². The van der Waals surface area contributed by atoms with Crippen LogP contribution in [0.5, 0.6) is 11.5 Å². The fourth-order valence-electron chi connectivity index (χ4n) is 3.93. The van der Waals surface area contributed by atoms with Crippen molar-refractivity contribution in [3.8, 4) is 22.6 Å². The molecule has 1 amide bonds. The third-order valence-electron chi connectivity index (χ3n) is 5.88. The second-order valence-electron chi connectivity index (χ2n) is 8.68. The van der Waals surface area contributed by atoms with E-state index in [2.05, 4.69) is 15.6 Å². The van der Waals surface area contributed by atoms with Crippen molar-refractivity contribution in [3.05, 3.63) is 121 Å². The highest BCUT2D eigenvalue weighted by Gasteiger charge is 2.10. The van der Waals surface area contributed by atoms with Gasteiger partial charge in [0, 0.05) is 19.0 Å². The fraction of sp³-hybridized carbons (Fsp3) is 0.100. The Hall–Kier alpha value is -4.91. The minimum Gasteiger partial charge on any atom is -0.457 e. The number of aryl methyl sites for hydroxylation is 1. The summed E-state index contributed by atoms with van der Waals surface area (Å²) in [6, 6.07) is 33.2. The van der Waals surface area contributed by atoms with Gasteiger partial charge in [-0.3, -0.25) is 4.79 Å². The minimum absolute atomic E-state index is 0.125. The van der Waals surface area contributed by atoms with Crippen LogP contribution in [-0.4, -0.2) is 20.9 Å². The Bertz CT molecular complexity index is 1470. The summed E-state index contributed by atoms with van der Waals surface area (Å²) in [6.07, 6.45) is 2.62. The van der Waals surface area contributed by atoms with E-state index in [-0.39, 0.29) is 12.3 Å². The Morgan fingerprint density at radius 1 is 0.838 bits per heavy atom. The van der Waals surface area contributed by atoms with Gasteiger partial charge in [-0.25, -0.2) is 4.68 Å². The van der Waals surface area contributed by atoms with Gasteiger partial charge in [0.15, 0.2) is 0 Å². The van der Waals surface area contributed by atoms with E-state index in [1.54, 1.807) is 4.68 Å². The second-order valence-corrected chi connectivity index (χ2v) is 8.68. The lowest BCUT2D eigenvalue weighted by molar-refractivity contribution is -0.116. The fourth-order valence-corrected chi connectivity index (χ4v) is 3.93. The number of aromatic nitrogens is 3. The Balaban J connectivity index is 1.13. The highest BCUT2D eigenvalue weighted by atomic mass is 16.5. The van der Waals surface area contributed by atoms with Crippen LogP contribution < -0.4 is 15.8 Å². The highest BCUT2D eigenvalue weighted by molar-refractivity contribution is 5.95. The Kier molecular flexibility index (Phi) is 7.22. The van der Waals surface area contributed by atoms with E-state index >= 15 is 0 Å². The summed E-state index contributed by atoms with van der Waals surface area (Å²) in [6.45, 7) is 0.577. The monoisotopic (exact) mass is 489 g/mol. The lowest BCUT2D eigenvalue weighted by Crippen LogP contribution is -2.13. The van der Waals surface area contributed by atoms with Crippen LogP contribution in [0.3, 0.4) is 0 Å². The van der Waals surface area contributed by atoms with E-state index in [0.29, 0.717) is 24.3 Å². The maximum atomic E-state index is 12.6. The number of carbonyl (C=O) groups is 1. The summed E-state index contributed by atoms with van der Waals surface area (Å²) >= 11 is 0. The van der Waals surface area contributed by atoms with Gasteiger partial charge in [-0.15, -0.1) is 5.10 Å². The number of nitrogen functional groups attached to an aromatic ring is 1. The number of para-hydroxylation sites is 1. The largest absolute Gasteiger partial charge is 0.457 e. The molecule has 0 unspecified atom stereocenters. The van der Waals surface area contributed by atoms with Crippen LogP contribution >= 0.6 is 0 Å². The molecule has 0 bridgehead atoms. The molecule has 0 radical (unpaired) electrons.